The highest BCUT2D eigenvalue weighted by molar-refractivity contribution is 7.98. The molecule has 0 aliphatic heterocycles. The van der Waals surface area contributed by atoms with Crippen molar-refractivity contribution in [2.24, 2.45) is 5.73 Å². The molecule has 0 saturated heterocycles. The van der Waals surface area contributed by atoms with Crippen LogP contribution in [0.2, 0.25) is 0 Å². The van der Waals surface area contributed by atoms with Gasteiger partial charge in [0, 0.05) is 17.0 Å². The molecule has 0 atom stereocenters. The Morgan fingerprint density at radius 1 is 1.18 bits per heavy atom. The molecule has 1 heterocycles. The van der Waals surface area contributed by atoms with E-state index in [0.717, 1.165) is 10.6 Å². The quantitative estimate of drug-likeness (QED) is 0.751. The van der Waals surface area contributed by atoms with Crippen LogP contribution in [-0.2, 0) is 6.54 Å². The number of thioether (sulfide) groups is 1. The fourth-order valence-electron chi connectivity index (χ4n) is 2.30. The van der Waals surface area contributed by atoms with Crippen LogP contribution >= 0.6 is 11.8 Å². The molecule has 0 aliphatic carbocycles. The first-order chi connectivity index (χ1) is 10.7. The monoisotopic (exact) mass is 314 g/mol. The zero-order valence-electron chi connectivity index (χ0n) is 12.0. The van der Waals surface area contributed by atoms with Crippen molar-refractivity contribution in [3.8, 4) is 16.9 Å². The molecule has 0 amide bonds. The van der Waals surface area contributed by atoms with Gasteiger partial charge in [-0.1, -0.05) is 23.4 Å². The zero-order chi connectivity index (χ0) is 15.5. The Hall–Kier alpha value is -2.18. The molecule has 2 aromatic carbocycles. The van der Waals surface area contributed by atoms with Gasteiger partial charge in [-0.15, -0.1) is 16.9 Å². The highest BCUT2D eigenvalue weighted by atomic mass is 32.2. The number of nitrogens with two attached hydrogens (primary N) is 1. The molecular formula is C16H15FN4S. The third kappa shape index (κ3) is 2.63. The van der Waals surface area contributed by atoms with Crippen molar-refractivity contribution in [2.45, 2.75) is 11.4 Å². The van der Waals surface area contributed by atoms with Gasteiger partial charge < -0.3 is 5.73 Å². The van der Waals surface area contributed by atoms with Crippen LogP contribution in [0.3, 0.4) is 0 Å². The molecule has 0 saturated carbocycles. The number of aromatic nitrogens is 3. The van der Waals surface area contributed by atoms with Crippen LogP contribution in [0.25, 0.3) is 16.9 Å². The second kappa shape index (κ2) is 6.29. The number of nitrogens with zero attached hydrogens (tertiary/aromatic N) is 3. The molecule has 2 N–H and O–H groups in total. The molecule has 0 bridgehead atoms. The van der Waals surface area contributed by atoms with E-state index in [1.165, 1.54) is 6.07 Å². The van der Waals surface area contributed by atoms with Crippen molar-refractivity contribution in [3.63, 3.8) is 0 Å². The van der Waals surface area contributed by atoms with Gasteiger partial charge in [-0.05, 0) is 36.6 Å². The first kappa shape index (κ1) is 14.7. The maximum absolute atomic E-state index is 14.2. The Kier molecular flexibility index (Phi) is 4.22. The van der Waals surface area contributed by atoms with E-state index in [9.17, 15) is 4.39 Å². The summed E-state index contributed by atoms with van der Waals surface area (Å²) in [5, 5.41) is 8.26. The van der Waals surface area contributed by atoms with Gasteiger partial charge in [0.1, 0.15) is 17.2 Å². The van der Waals surface area contributed by atoms with Gasteiger partial charge >= 0.3 is 0 Å². The summed E-state index contributed by atoms with van der Waals surface area (Å²) in [4.78, 5) is 1.10. The zero-order valence-corrected chi connectivity index (χ0v) is 12.8. The van der Waals surface area contributed by atoms with E-state index in [4.69, 9.17) is 5.73 Å². The van der Waals surface area contributed by atoms with Gasteiger partial charge in [-0.3, -0.25) is 0 Å². The number of benzene rings is 2. The predicted molar refractivity (Wildman–Crippen MR) is 86.4 cm³/mol. The minimum Gasteiger partial charge on any atom is -0.325 e. The molecule has 0 unspecified atom stereocenters. The summed E-state index contributed by atoms with van der Waals surface area (Å²) in [6.07, 6.45) is 2.00. The van der Waals surface area contributed by atoms with Crippen molar-refractivity contribution in [3.05, 3.63) is 60.0 Å². The summed E-state index contributed by atoms with van der Waals surface area (Å²) < 4.78 is 15.8. The second-order valence-electron chi connectivity index (χ2n) is 4.68. The van der Waals surface area contributed by atoms with E-state index in [-0.39, 0.29) is 12.4 Å². The summed E-state index contributed by atoms with van der Waals surface area (Å²) in [6.45, 7) is 0.200. The summed E-state index contributed by atoms with van der Waals surface area (Å²) >= 11 is 1.63. The highest BCUT2D eigenvalue weighted by Crippen LogP contribution is 2.28. The first-order valence-corrected chi connectivity index (χ1v) is 8.01. The average molecular weight is 314 g/mol. The molecule has 0 radical (unpaired) electrons. The Morgan fingerprint density at radius 2 is 2.00 bits per heavy atom. The Morgan fingerprint density at radius 3 is 2.73 bits per heavy atom. The lowest BCUT2D eigenvalue weighted by molar-refractivity contribution is 0.629. The van der Waals surface area contributed by atoms with Gasteiger partial charge in [0.05, 0.1) is 5.69 Å². The standard InChI is InChI=1S/C16H15FN4S/c1-22-12-6-4-5-11(9-12)21-16(15(10-18)19-20-21)13-7-2-3-8-14(13)17/h2-9H,10,18H2,1H3. The number of halogens is 1. The third-order valence-corrected chi connectivity index (χ3v) is 4.09. The smallest absolute Gasteiger partial charge is 0.132 e. The van der Waals surface area contributed by atoms with Crippen LogP contribution in [0.5, 0.6) is 0 Å². The normalized spacial score (nSPS) is 10.9. The molecule has 4 nitrogen and oxygen atoms in total. The van der Waals surface area contributed by atoms with Crippen molar-refractivity contribution < 1.29 is 4.39 Å². The molecule has 1 aromatic heterocycles. The third-order valence-electron chi connectivity index (χ3n) is 3.36. The van der Waals surface area contributed by atoms with Gasteiger partial charge in [0.2, 0.25) is 0 Å². The summed E-state index contributed by atoms with van der Waals surface area (Å²) in [6, 6.07) is 14.4. The Labute approximate surface area is 132 Å². The number of hydrogen-bond donors (Lipinski definition) is 1. The van der Waals surface area contributed by atoms with Crippen molar-refractivity contribution in [2.75, 3.05) is 6.26 Å². The second-order valence-corrected chi connectivity index (χ2v) is 5.56. The first-order valence-electron chi connectivity index (χ1n) is 6.78. The van der Waals surface area contributed by atoms with Crippen molar-refractivity contribution >= 4 is 11.8 Å². The fourth-order valence-corrected chi connectivity index (χ4v) is 2.75. The Bertz CT molecular complexity index is 800. The number of hydrogen-bond acceptors (Lipinski definition) is 4. The lowest BCUT2D eigenvalue weighted by Crippen LogP contribution is -2.04. The predicted octanol–water partition coefficient (Wildman–Crippen LogP) is 3.25. The van der Waals surface area contributed by atoms with Crippen LogP contribution in [-0.4, -0.2) is 21.2 Å². The minimum absolute atomic E-state index is 0.200. The van der Waals surface area contributed by atoms with Crippen molar-refractivity contribution in [1.82, 2.24) is 15.0 Å². The topological polar surface area (TPSA) is 56.7 Å². The minimum atomic E-state index is -0.318. The largest absolute Gasteiger partial charge is 0.325 e. The molecular weight excluding hydrogens is 299 g/mol. The average Bonchev–Trinajstić information content (AvgIpc) is 2.99. The van der Waals surface area contributed by atoms with E-state index in [1.807, 2.05) is 30.5 Å². The van der Waals surface area contributed by atoms with Crippen LogP contribution in [0.1, 0.15) is 5.69 Å². The molecule has 112 valence electrons. The Balaban J connectivity index is 2.21. The summed E-state index contributed by atoms with van der Waals surface area (Å²) in [5.74, 6) is -0.318. The lowest BCUT2D eigenvalue weighted by atomic mass is 10.1. The maximum Gasteiger partial charge on any atom is 0.132 e. The van der Waals surface area contributed by atoms with E-state index < -0.39 is 0 Å². The van der Waals surface area contributed by atoms with E-state index in [2.05, 4.69) is 10.3 Å². The molecule has 0 aliphatic rings. The van der Waals surface area contributed by atoms with E-state index in [1.54, 1.807) is 34.6 Å². The van der Waals surface area contributed by atoms with Gasteiger partial charge in [0.15, 0.2) is 0 Å². The van der Waals surface area contributed by atoms with Crippen LogP contribution in [0, 0.1) is 5.82 Å². The SMILES string of the molecule is CSc1cccc(-n2nnc(CN)c2-c2ccccc2F)c1. The number of rotatable bonds is 4. The fraction of sp³-hybridized carbons (Fsp3) is 0.125. The summed E-state index contributed by atoms with van der Waals surface area (Å²) in [7, 11) is 0. The molecule has 0 spiro atoms. The van der Waals surface area contributed by atoms with Crippen molar-refractivity contribution in [1.29, 1.82) is 0 Å². The van der Waals surface area contributed by atoms with E-state index in [0.29, 0.717) is 17.0 Å². The highest BCUT2D eigenvalue weighted by Gasteiger charge is 2.18. The molecule has 22 heavy (non-hydrogen) atoms. The van der Waals surface area contributed by atoms with Gasteiger partial charge in [0.25, 0.3) is 0 Å². The van der Waals surface area contributed by atoms with Gasteiger partial charge in [-0.25, -0.2) is 9.07 Å². The molecule has 0 fully saturated rings. The maximum atomic E-state index is 14.2. The molecule has 3 rings (SSSR count). The molecule has 3 aromatic rings. The van der Waals surface area contributed by atoms with Crippen LogP contribution in [0.4, 0.5) is 4.39 Å². The van der Waals surface area contributed by atoms with Gasteiger partial charge in [-0.2, -0.15) is 0 Å². The van der Waals surface area contributed by atoms with Crippen LogP contribution < -0.4 is 5.73 Å². The summed E-state index contributed by atoms with van der Waals surface area (Å²) in [5.41, 5.74) is 8.19. The van der Waals surface area contributed by atoms with Crippen LogP contribution in [0.15, 0.2) is 53.4 Å². The lowest BCUT2D eigenvalue weighted by Gasteiger charge is -2.09. The molecule has 6 heteroatoms. The van der Waals surface area contributed by atoms with E-state index >= 15 is 0 Å².